The minimum atomic E-state index is -0.158. The summed E-state index contributed by atoms with van der Waals surface area (Å²) in [5, 5.41) is 2.79. The normalized spacial score (nSPS) is 10.2. The molecular formula is C17H19NO2. The monoisotopic (exact) mass is 269 g/mol. The number of anilines is 1. The van der Waals surface area contributed by atoms with Gasteiger partial charge in [0.15, 0.2) is 6.61 Å². The lowest BCUT2D eigenvalue weighted by molar-refractivity contribution is -0.118. The Labute approximate surface area is 119 Å². The molecule has 3 heteroatoms. The lowest BCUT2D eigenvalue weighted by atomic mass is 10.1. The zero-order chi connectivity index (χ0) is 14.5. The van der Waals surface area contributed by atoms with E-state index in [0.29, 0.717) is 0 Å². The number of hydrogen-bond acceptors (Lipinski definition) is 2. The van der Waals surface area contributed by atoms with Crippen molar-refractivity contribution < 1.29 is 9.53 Å². The molecule has 0 aromatic heterocycles. The van der Waals surface area contributed by atoms with Crippen LogP contribution in [-0.2, 0) is 4.79 Å². The Kier molecular flexibility index (Phi) is 4.41. The molecule has 0 fully saturated rings. The number of nitrogens with one attached hydrogen (secondary N) is 1. The Bertz CT molecular complexity index is 606. The van der Waals surface area contributed by atoms with Crippen LogP contribution >= 0.6 is 0 Å². The van der Waals surface area contributed by atoms with Crippen LogP contribution in [0.1, 0.15) is 16.7 Å². The molecule has 0 aliphatic rings. The molecule has 1 amide bonds. The van der Waals surface area contributed by atoms with E-state index in [1.807, 2.05) is 50.2 Å². The van der Waals surface area contributed by atoms with Crippen molar-refractivity contribution in [2.24, 2.45) is 0 Å². The Balaban J connectivity index is 1.95. The maximum atomic E-state index is 11.8. The number of carbonyl (C=O) groups excluding carboxylic acids is 1. The third-order valence-electron chi connectivity index (χ3n) is 3.21. The first kappa shape index (κ1) is 14.1. The van der Waals surface area contributed by atoms with Crippen molar-refractivity contribution in [3.05, 3.63) is 59.2 Å². The van der Waals surface area contributed by atoms with E-state index in [1.54, 1.807) is 0 Å². The molecule has 0 radical (unpaired) electrons. The average Bonchev–Trinajstić information content (AvgIpc) is 2.42. The van der Waals surface area contributed by atoms with Gasteiger partial charge in [0, 0.05) is 5.69 Å². The van der Waals surface area contributed by atoms with Gasteiger partial charge in [0.25, 0.3) is 5.91 Å². The number of amides is 1. The zero-order valence-electron chi connectivity index (χ0n) is 12.1. The van der Waals surface area contributed by atoms with Crippen LogP contribution in [-0.4, -0.2) is 12.5 Å². The molecule has 0 spiro atoms. The number of rotatable bonds is 4. The second-order valence-corrected chi connectivity index (χ2v) is 4.90. The maximum absolute atomic E-state index is 11.8. The first-order valence-electron chi connectivity index (χ1n) is 6.62. The van der Waals surface area contributed by atoms with Gasteiger partial charge in [-0.15, -0.1) is 0 Å². The van der Waals surface area contributed by atoms with Crippen LogP contribution in [0.25, 0.3) is 0 Å². The van der Waals surface area contributed by atoms with E-state index in [1.165, 1.54) is 5.56 Å². The lowest BCUT2D eigenvalue weighted by Gasteiger charge is -2.12. The van der Waals surface area contributed by atoms with Crippen molar-refractivity contribution in [3.63, 3.8) is 0 Å². The number of aryl methyl sites for hydroxylation is 3. The van der Waals surface area contributed by atoms with Gasteiger partial charge >= 0.3 is 0 Å². The molecule has 0 aliphatic carbocycles. The molecule has 104 valence electrons. The van der Waals surface area contributed by atoms with Gasteiger partial charge < -0.3 is 10.1 Å². The van der Waals surface area contributed by atoms with E-state index in [-0.39, 0.29) is 12.5 Å². The third kappa shape index (κ3) is 3.60. The SMILES string of the molecule is Cc1cc(C)c(OCC(=O)Nc2ccccc2)cc1C. The molecule has 0 saturated heterocycles. The summed E-state index contributed by atoms with van der Waals surface area (Å²) in [6, 6.07) is 13.4. The van der Waals surface area contributed by atoms with Crippen molar-refractivity contribution in [2.45, 2.75) is 20.8 Å². The van der Waals surface area contributed by atoms with E-state index >= 15 is 0 Å². The van der Waals surface area contributed by atoms with E-state index in [9.17, 15) is 4.79 Å². The Morgan fingerprint density at radius 1 is 1.00 bits per heavy atom. The molecule has 20 heavy (non-hydrogen) atoms. The highest BCUT2D eigenvalue weighted by Crippen LogP contribution is 2.22. The standard InChI is InChI=1S/C17H19NO2/c1-12-9-14(3)16(10-13(12)2)20-11-17(19)18-15-7-5-4-6-8-15/h4-10H,11H2,1-3H3,(H,18,19). The van der Waals surface area contributed by atoms with Crippen molar-refractivity contribution in [3.8, 4) is 5.75 Å². The predicted octanol–water partition coefficient (Wildman–Crippen LogP) is 3.63. The molecule has 2 aromatic rings. The summed E-state index contributed by atoms with van der Waals surface area (Å²) in [5.74, 6) is 0.602. The van der Waals surface area contributed by atoms with Crippen LogP contribution in [0.15, 0.2) is 42.5 Å². The third-order valence-corrected chi connectivity index (χ3v) is 3.21. The lowest BCUT2D eigenvalue weighted by Crippen LogP contribution is -2.20. The first-order chi connectivity index (χ1) is 9.56. The Morgan fingerprint density at radius 2 is 1.65 bits per heavy atom. The number of benzene rings is 2. The molecule has 0 heterocycles. The molecule has 2 rings (SSSR count). The Morgan fingerprint density at radius 3 is 2.35 bits per heavy atom. The molecule has 0 bridgehead atoms. The summed E-state index contributed by atoms with van der Waals surface area (Å²) in [6.45, 7) is 6.09. The second kappa shape index (κ2) is 6.24. The Hall–Kier alpha value is -2.29. The summed E-state index contributed by atoms with van der Waals surface area (Å²) in [6.07, 6.45) is 0. The van der Waals surface area contributed by atoms with Gasteiger partial charge in [0.05, 0.1) is 0 Å². The van der Waals surface area contributed by atoms with Gasteiger partial charge in [-0.25, -0.2) is 0 Å². The van der Waals surface area contributed by atoms with Crippen molar-refractivity contribution in [1.82, 2.24) is 0 Å². The summed E-state index contributed by atoms with van der Waals surface area (Å²) in [7, 11) is 0. The van der Waals surface area contributed by atoms with E-state index in [0.717, 1.165) is 22.6 Å². The number of para-hydroxylation sites is 1. The van der Waals surface area contributed by atoms with Crippen LogP contribution in [0.5, 0.6) is 5.75 Å². The van der Waals surface area contributed by atoms with Gasteiger partial charge in [-0.05, 0) is 55.7 Å². The smallest absolute Gasteiger partial charge is 0.262 e. The average molecular weight is 269 g/mol. The molecule has 0 aliphatic heterocycles. The first-order valence-corrected chi connectivity index (χ1v) is 6.62. The zero-order valence-corrected chi connectivity index (χ0v) is 12.1. The van der Waals surface area contributed by atoms with E-state index in [2.05, 4.69) is 18.3 Å². The highest BCUT2D eigenvalue weighted by molar-refractivity contribution is 5.91. The van der Waals surface area contributed by atoms with Crippen molar-refractivity contribution >= 4 is 11.6 Å². The van der Waals surface area contributed by atoms with Crippen LogP contribution in [0.3, 0.4) is 0 Å². The van der Waals surface area contributed by atoms with E-state index < -0.39 is 0 Å². The summed E-state index contributed by atoms with van der Waals surface area (Å²) < 4.78 is 5.59. The van der Waals surface area contributed by atoms with Crippen LogP contribution < -0.4 is 10.1 Å². The van der Waals surface area contributed by atoms with Crippen LogP contribution in [0.4, 0.5) is 5.69 Å². The summed E-state index contributed by atoms with van der Waals surface area (Å²) in [4.78, 5) is 11.8. The fourth-order valence-corrected chi connectivity index (χ4v) is 1.95. The molecule has 1 N–H and O–H groups in total. The van der Waals surface area contributed by atoms with Gasteiger partial charge in [-0.1, -0.05) is 24.3 Å². The summed E-state index contributed by atoms with van der Waals surface area (Å²) in [5.41, 5.74) is 4.20. The molecule has 0 saturated carbocycles. The second-order valence-electron chi connectivity index (χ2n) is 4.90. The number of carbonyl (C=O) groups is 1. The van der Waals surface area contributed by atoms with Crippen molar-refractivity contribution in [1.29, 1.82) is 0 Å². The number of ether oxygens (including phenoxy) is 1. The van der Waals surface area contributed by atoms with Crippen LogP contribution in [0, 0.1) is 20.8 Å². The minimum absolute atomic E-state index is 0.0121. The molecule has 0 atom stereocenters. The minimum Gasteiger partial charge on any atom is -0.483 e. The quantitative estimate of drug-likeness (QED) is 0.920. The molecule has 3 nitrogen and oxygen atoms in total. The topological polar surface area (TPSA) is 38.3 Å². The number of hydrogen-bond donors (Lipinski definition) is 1. The van der Waals surface area contributed by atoms with E-state index in [4.69, 9.17) is 4.74 Å². The predicted molar refractivity (Wildman–Crippen MR) is 81.2 cm³/mol. The maximum Gasteiger partial charge on any atom is 0.262 e. The summed E-state index contributed by atoms with van der Waals surface area (Å²) >= 11 is 0. The fourth-order valence-electron chi connectivity index (χ4n) is 1.95. The van der Waals surface area contributed by atoms with Gasteiger partial charge in [-0.3, -0.25) is 4.79 Å². The largest absolute Gasteiger partial charge is 0.483 e. The van der Waals surface area contributed by atoms with Gasteiger partial charge in [-0.2, -0.15) is 0 Å². The van der Waals surface area contributed by atoms with Gasteiger partial charge in [0.1, 0.15) is 5.75 Å². The molecule has 2 aromatic carbocycles. The highest BCUT2D eigenvalue weighted by Gasteiger charge is 2.07. The molecular weight excluding hydrogens is 250 g/mol. The fraction of sp³-hybridized carbons (Fsp3) is 0.235. The van der Waals surface area contributed by atoms with Crippen LogP contribution in [0.2, 0.25) is 0 Å². The van der Waals surface area contributed by atoms with Gasteiger partial charge in [0.2, 0.25) is 0 Å². The van der Waals surface area contributed by atoms with Crippen molar-refractivity contribution in [2.75, 3.05) is 11.9 Å². The highest BCUT2D eigenvalue weighted by atomic mass is 16.5. The molecule has 0 unspecified atom stereocenters.